The molecule has 0 amide bonds. The zero-order chi connectivity index (χ0) is 12.1. The highest BCUT2D eigenvalue weighted by molar-refractivity contribution is 5.23. The maximum Gasteiger partial charge on any atom is 0.0210 e. The monoisotopic (exact) mass is 232 g/mol. The van der Waals surface area contributed by atoms with Crippen LogP contribution in [0.15, 0.2) is 24.3 Å². The first-order valence-corrected chi connectivity index (χ1v) is 6.81. The Morgan fingerprint density at radius 3 is 2.29 bits per heavy atom. The fourth-order valence-electron chi connectivity index (χ4n) is 2.54. The van der Waals surface area contributed by atoms with Gasteiger partial charge < -0.3 is 11.1 Å². The van der Waals surface area contributed by atoms with Gasteiger partial charge in [-0.15, -0.1) is 0 Å². The first-order chi connectivity index (χ1) is 8.28. The summed E-state index contributed by atoms with van der Waals surface area (Å²) in [5, 5.41) is 3.73. The second-order valence-corrected chi connectivity index (χ2v) is 5.20. The molecule has 1 aliphatic rings. The van der Waals surface area contributed by atoms with E-state index in [0.29, 0.717) is 5.54 Å². The summed E-state index contributed by atoms with van der Waals surface area (Å²) < 4.78 is 0. The number of hydrogen-bond acceptors (Lipinski definition) is 2. The largest absolute Gasteiger partial charge is 0.330 e. The van der Waals surface area contributed by atoms with E-state index in [1.165, 1.54) is 36.8 Å². The number of nitrogens with one attached hydrogen (secondary N) is 1. The van der Waals surface area contributed by atoms with Crippen LogP contribution in [-0.4, -0.2) is 12.1 Å². The van der Waals surface area contributed by atoms with Crippen molar-refractivity contribution in [1.82, 2.24) is 5.32 Å². The average molecular weight is 232 g/mol. The molecule has 0 radical (unpaired) electrons. The van der Waals surface area contributed by atoms with Gasteiger partial charge in [0.1, 0.15) is 0 Å². The van der Waals surface area contributed by atoms with E-state index in [0.717, 1.165) is 19.5 Å². The second kappa shape index (κ2) is 5.65. The topological polar surface area (TPSA) is 38.0 Å². The molecule has 2 nitrogen and oxygen atoms in total. The van der Waals surface area contributed by atoms with Gasteiger partial charge in [-0.1, -0.05) is 31.2 Å². The number of nitrogens with two attached hydrogens (primary N) is 1. The van der Waals surface area contributed by atoms with Crippen molar-refractivity contribution < 1.29 is 0 Å². The molecule has 0 unspecified atom stereocenters. The molecule has 1 aromatic rings. The van der Waals surface area contributed by atoms with Crippen LogP contribution in [0.25, 0.3) is 0 Å². The van der Waals surface area contributed by atoms with E-state index in [2.05, 4.69) is 36.5 Å². The van der Waals surface area contributed by atoms with Gasteiger partial charge in [0.2, 0.25) is 0 Å². The first-order valence-electron chi connectivity index (χ1n) is 6.81. The molecule has 1 aromatic carbocycles. The van der Waals surface area contributed by atoms with Crippen LogP contribution in [0.2, 0.25) is 0 Å². The maximum absolute atomic E-state index is 5.55. The van der Waals surface area contributed by atoms with E-state index < -0.39 is 0 Å². The average Bonchev–Trinajstić information content (AvgIpc) is 2.31. The molecule has 2 rings (SSSR count). The summed E-state index contributed by atoms with van der Waals surface area (Å²) in [5.74, 6) is 0. The SMILES string of the molecule is CCC1(NCc2ccc(CCN)cc2)CCC1. The van der Waals surface area contributed by atoms with Crippen LogP contribution < -0.4 is 11.1 Å². The summed E-state index contributed by atoms with van der Waals surface area (Å²) in [4.78, 5) is 0. The predicted molar refractivity (Wildman–Crippen MR) is 72.9 cm³/mol. The molecule has 94 valence electrons. The van der Waals surface area contributed by atoms with Crippen molar-refractivity contribution in [2.75, 3.05) is 6.54 Å². The number of rotatable bonds is 6. The van der Waals surface area contributed by atoms with Crippen molar-refractivity contribution in [1.29, 1.82) is 0 Å². The van der Waals surface area contributed by atoms with Crippen molar-refractivity contribution in [3.05, 3.63) is 35.4 Å². The Balaban J connectivity index is 1.86. The molecule has 0 spiro atoms. The molecule has 3 N–H and O–H groups in total. The minimum Gasteiger partial charge on any atom is -0.330 e. The zero-order valence-corrected chi connectivity index (χ0v) is 10.8. The third kappa shape index (κ3) is 3.08. The van der Waals surface area contributed by atoms with Gasteiger partial charge in [-0.05, 0) is 49.8 Å². The van der Waals surface area contributed by atoms with Crippen LogP contribution >= 0.6 is 0 Å². The lowest BCUT2D eigenvalue weighted by Gasteiger charge is -2.42. The van der Waals surface area contributed by atoms with Gasteiger partial charge in [-0.3, -0.25) is 0 Å². The lowest BCUT2D eigenvalue weighted by Crippen LogP contribution is -2.49. The highest BCUT2D eigenvalue weighted by atomic mass is 15.0. The Labute approximate surface area is 105 Å². The van der Waals surface area contributed by atoms with Crippen LogP contribution in [0, 0.1) is 0 Å². The molecule has 0 saturated heterocycles. The first kappa shape index (κ1) is 12.6. The molecule has 2 heteroatoms. The fraction of sp³-hybridized carbons (Fsp3) is 0.600. The lowest BCUT2D eigenvalue weighted by molar-refractivity contribution is 0.175. The van der Waals surface area contributed by atoms with Crippen LogP contribution in [0.5, 0.6) is 0 Å². The quantitative estimate of drug-likeness (QED) is 0.791. The summed E-state index contributed by atoms with van der Waals surface area (Å²) in [7, 11) is 0. The Bertz CT molecular complexity index is 333. The van der Waals surface area contributed by atoms with Crippen molar-refractivity contribution in [3.63, 3.8) is 0 Å². The van der Waals surface area contributed by atoms with Crippen LogP contribution in [-0.2, 0) is 13.0 Å². The van der Waals surface area contributed by atoms with Gasteiger partial charge in [0, 0.05) is 12.1 Å². The summed E-state index contributed by atoms with van der Waals surface area (Å²) in [6, 6.07) is 8.84. The Morgan fingerprint density at radius 2 is 1.82 bits per heavy atom. The van der Waals surface area contributed by atoms with E-state index in [-0.39, 0.29) is 0 Å². The Morgan fingerprint density at radius 1 is 1.18 bits per heavy atom. The zero-order valence-electron chi connectivity index (χ0n) is 10.8. The number of hydrogen-bond donors (Lipinski definition) is 2. The standard InChI is InChI=1S/C15H24N2/c1-2-15(9-3-10-15)17-12-14-6-4-13(5-7-14)8-11-16/h4-7,17H,2-3,8-12,16H2,1H3. The molecular weight excluding hydrogens is 208 g/mol. The molecule has 1 saturated carbocycles. The predicted octanol–water partition coefficient (Wildman–Crippen LogP) is 2.61. The number of benzene rings is 1. The van der Waals surface area contributed by atoms with E-state index in [4.69, 9.17) is 5.73 Å². The van der Waals surface area contributed by atoms with Crippen molar-refractivity contribution in [2.45, 2.75) is 51.1 Å². The molecule has 0 aliphatic heterocycles. The maximum atomic E-state index is 5.55. The Kier molecular flexibility index (Phi) is 4.19. The third-order valence-corrected chi connectivity index (χ3v) is 4.11. The highest BCUT2D eigenvalue weighted by Gasteiger charge is 2.33. The van der Waals surface area contributed by atoms with Crippen molar-refractivity contribution in [2.24, 2.45) is 5.73 Å². The van der Waals surface area contributed by atoms with Gasteiger partial charge in [-0.2, -0.15) is 0 Å². The van der Waals surface area contributed by atoms with Gasteiger partial charge in [0.15, 0.2) is 0 Å². The van der Waals surface area contributed by atoms with E-state index in [9.17, 15) is 0 Å². The minimum atomic E-state index is 0.440. The van der Waals surface area contributed by atoms with E-state index in [1.807, 2.05) is 0 Å². The third-order valence-electron chi connectivity index (χ3n) is 4.11. The minimum absolute atomic E-state index is 0.440. The van der Waals surface area contributed by atoms with Gasteiger partial charge in [0.05, 0.1) is 0 Å². The molecule has 17 heavy (non-hydrogen) atoms. The highest BCUT2D eigenvalue weighted by Crippen LogP contribution is 2.34. The second-order valence-electron chi connectivity index (χ2n) is 5.20. The lowest BCUT2D eigenvalue weighted by atomic mass is 9.75. The van der Waals surface area contributed by atoms with Gasteiger partial charge in [-0.25, -0.2) is 0 Å². The summed E-state index contributed by atoms with van der Waals surface area (Å²) in [6.45, 7) is 4.02. The summed E-state index contributed by atoms with van der Waals surface area (Å²) in [6.07, 6.45) is 6.30. The fourth-order valence-corrected chi connectivity index (χ4v) is 2.54. The molecule has 1 aliphatic carbocycles. The van der Waals surface area contributed by atoms with E-state index in [1.54, 1.807) is 0 Å². The molecular formula is C15H24N2. The smallest absolute Gasteiger partial charge is 0.0210 e. The molecule has 0 bridgehead atoms. The molecule has 0 atom stereocenters. The summed E-state index contributed by atoms with van der Waals surface area (Å²) >= 11 is 0. The van der Waals surface area contributed by atoms with Crippen molar-refractivity contribution >= 4 is 0 Å². The Hall–Kier alpha value is -0.860. The van der Waals surface area contributed by atoms with Crippen LogP contribution in [0.4, 0.5) is 0 Å². The van der Waals surface area contributed by atoms with E-state index >= 15 is 0 Å². The van der Waals surface area contributed by atoms with Crippen LogP contribution in [0.3, 0.4) is 0 Å². The van der Waals surface area contributed by atoms with Gasteiger partial charge in [0.25, 0.3) is 0 Å². The normalized spacial score (nSPS) is 17.8. The van der Waals surface area contributed by atoms with Gasteiger partial charge >= 0.3 is 0 Å². The molecule has 1 fully saturated rings. The molecule has 0 aromatic heterocycles. The summed E-state index contributed by atoms with van der Waals surface area (Å²) in [5.41, 5.74) is 8.70. The molecule has 0 heterocycles. The van der Waals surface area contributed by atoms with Crippen molar-refractivity contribution in [3.8, 4) is 0 Å². The van der Waals surface area contributed by atoms with Crippen LogP contribution in [0.1, 0.15) is 43.7 Å².